The van der Waals surface area contributed by atoms with E-state index in [4.69, 9.17) is 0 Å². The first-order chi connectivity index (χ1) is 10.2. The molecule has 2 saturated heterocycles. The minimum Gasteiger partial charge on any atom is -0.336 e. The molecule has 0 bridgehead atoms. The van der Waals surface area contributed by atoms with Gasteiger partial charge in [-0.15, -0.1) is 0 Å². The van der Waals surface area contributed by atoms with Crippen LogP contribution in [0.15, 0.2) is 30.3 Å². The lowest BCUT2D eigenvalue weighted by Crippen LogP contribution is -2.51. The van der Waals surface area contributed by atoms with E-state index in [9.17, 15) is 9.59 Å². The number of nitrogens with zero attached hydrogens (tertiary/aromatic N) is 2. The lowest BCUT2D eigenvalue weighted by molar-refractivity contribution is 0.139. The van der Waals surface area contributed by atoms with Gasteiger partial charge < -0.3 is 20.4 Å². The molecule has 0 spiro atoms. The quantitative estimate of drug-likeness (QED) is 0.870. The number of carbonyl (C=O) groups excluding carboxylic acids is 2. The minimum absolute atomic E-state index is 0.00897. The Hall–Kier alpha value is -2.24. The van der Waals surface area contributed by atoms with Crippen molar-refractivity contribution in [1.82, 2.24) is 15.1 Å². The predicted octanol–water partition coefficient (Wildman–Crippen LogP) is 1.71. The number of hydrogen-bond donors (Lipinski definition) is 2. The van der Waals surface area contributed by atoms with Crippen LogP contribution in [0.4, 0.5) is 15.3 Å². The Morgan fingerprint density at radius 3 is 2.76 bits per heavy atom. The summed E-state index contributed by atoms with van der Waals surface area (Å²) in [5, 5.41) is 5.72. The van der Waals surface area contributed by atoms with Crippen LogP contribution >= 0.6 is 0 Å². The van der Waals surface area contributed by atoms with Gasteiger partial charge in [0, 0.05) is 31.9 Å². The molecule has 0 aliphatic carbocycles. The summed E-state index contributed by atoms with van der Waals surface area (Å²) >= 11 is 0. The number of anilines is 1. The average molecular weight is 288 g/mol. The number of nitrogens with one attached hydrogen (secondary N) is 2. The maximum absolute atomic E-state index is 12.3. The largest absolute Gasteiger partial charge is 0.336 e. The van der Waals surface area contributed by atoms with E-state index in [1.807, 2.05) is 35.2 Å². The van der Waals surface area contributed by atoms with Crippen molar-refractivity contribution in [2.24, 2.45) is 0 Å². The van der Waals surface area contributed by atoms with Gasteiger partial charge in [-0.25, -0.2) is 9.59 Å². The van der Waals surface area contributed by atoms with Gasteiger partial charge in [0.05, 0.1) is 6.04 Å². The van der Waals surface area contributed by atoms with Gasteiger partial charge in [0.25, 0.3) is 0 Å². The fourth-order valence-electron chi connectivity index (χ4n) is 2.95. The number of amides is 4. The zero-order valence-electron chi connectivity index (χ0n) is 11.9. The third-order valence-electron chi connectivity index (χ3n) is 4.04. The SMILES string of the molecule is O=C(Nc1ccccc1)N1CCC[C@@H](N2CCNC2=O)C1. The van der Waals surface area contributed by atoms with Crippen LogP contribution in [-0.4, -0.2) is 54.1 Å². The van der Waals surface area contributed by atoms with Crippen molar-refractivity contribution in [2.75, 3.05) is 31.5 Å². The summed E-state index contributed by atoms with van der Waals surface area (Å²) in [6, 6.07) is 9.46. The zero-order valence-corrected chi connectivity index (χ0v) is 11.9. The normalized spacial score (nSPS) is 22.1. The smallest absolute Gasteiger partial charge is 0.321 e. The van der Waals surface area contributed by atoms with Crippen molar-refractivity contribution in [3.63, 3.8) is 0 Å². The molecule has 1 aromatic carbocycles. The first-order valence-corrected chi connectivity index (χ1v) is 7.39. The van der Waals surface area contributed by atoms with E-state index in [1.54, 1.807) is 4.90 Å². The molecular weight excluding hydrogens is 268 g/mol. The molecule has 4 amide bonds. The second-order valence-electron chi connectivity index (χ2n) is 5.46. The molecule has 0 aromatic heterocycles. The molecule has 3 rings (SSSR count). The van der Waals surface area contributed by atoms with Gasteiger partial charge in [0.15, 0.2) is 0 Å². The average Bonchev–Trinajstić information content (AvgIpc) is 2.94. The summed E-state index contributed by atoms with van der Waals surface area (Å²) in [7, 11) is 0. The topological polar surface area (TPSA) is 64.7 Å². The van der Waals surface area contributed by atoms with Gasteiger partial charge >= 0.3 is 12.1 Å². The molecule has 6 nitrogen and oxygen atoms in total. The monoisotopic (exact) mass is 288 g/mol. The number of piperidine rings is 1. The third-order valence-corrected chi connectivity index (χ3v) is 4.04. The van der Waals surface area contributed by atoms with Crippen molar-refractivity contribution >= 4 is 17.7 Å². The summed E-state index contributed by atoms with van der Waals surface area (Å²) in [4.78, 5) is 27.7. The van der Waals surface area contributed by atoms with Gasteiger partial charge in [-0.3, -0.25) is 0 Å². The van der Waals surface area contributed by atoms with E-state index < -0.39 is 0 Å². The van der Waals surface area contributed by atoms with Gasteiger partial charge in [-0.05, 0) is 25.0 Å². The van der Waals surface area contributed by atoms with Gasteiger partial charge in [0.2, 0.25) is 0 Å². The second kappa shape index (κ2) is 6.03. The van der Waals surface area contributed by atoms with Crippen LogP contribution in [0, 0.1) is 0 Å². The van der Waals surface area contributed by atoms with Crippen molar-refractivity contribution in [3.8, 4) is 0 Å². The highest BCUT2D eigenvalue weighted by Gasteiger charge is 2.32. The molecular formula is C15H20N4O2. The zero-order chi connectivity index (χ0) is 14.7. The number of hydrogen-bond acceptors (Lipinski definition) is 2. The second-order valence-corrected chi connectivity index (χ2v) is 5.46. The van der Waals surface area contributed by atoms with Crippen LogP contribution in [-0.2, 0) is 0 Å². The van der Waals surface area contributed by atoms with Crippen molar-refractivity contribution < 1.29 is 9.59 Å². The number of benzene rings is 1. The van der Waals surface area contributed by atoms with E-state index in [0.717, 1.165) is 31.6 Å². The minimum atomic E-state index is -0.0921. The molecule has 2 heterocycles. The molecule has 0 radical (unpaired) electrons. The highest BCUT2D eigenvalue weighted by atomic mass is 16.2. The first-order valence-electron chi connectivity index (χ1n) is 7.39. The van der Waals surface area contributed by atoms with Crippen molar-refractivity contribution in [3.05, 3.63) is 30.3 Å². The van der Waals surface area contributed by atoms with E-state index in [-0.39, 0.29) is 18.1 Å². The highest BCUT2D eigenvalue weighted by molar-refractivity contribution is 5.89. The number of para-hydroxylation sites is 1. The Labute approximate surface area is 124 Å². The molecule has 1 aromatic rings. The molecule has 2 aliphatic rings. The number of carbonyl (C=O) groups is 2. The maximum atomic E-state index is 12.3. The Bertz CT molecular complexity index is 520. The van der Waals surface area contributed by atoms with Crippen molar-refractivity contribution in [1.29, 1.82) is 0 Å². The highest BCUT2D eigenvalue weighted by Crippen LogP contribution is 2.18. The summed E-state index contributed by atoms with van der Waals surface area (Å²) in [5.74, 6) is 0. The molecule has 2 N–H and O–H groups in total. The van der Waals surface area contributed by atoms with Crippen LogP contribution in [0.1, 0.15) is 12.8 Å². The molecule has 2 fully saturated rings. The maximum Gasteiger partial charge on any atom is 0.321 e. The summed E-state index contributed by atoms with van der Waals surface area (Å²) in [6.45, 7) is 2.78. The summed E-state index contributed by atoms with van der Waals surface area (Å²) in [6.07, 6.45) is 1.89. The molecule has 112 valence electrons. The predicted molar refractivity (Wildman–Crippen MR) is 80.2 cm³/mol. The van der Waals surface area contributed by atoms with Crippen LogP contribution in [0.2, 0.25) is 0 Å². The van der Waals surface area contributed by atoms with E-state index in [0.29, 0.717) is 13.1 Å². The lowest BCUT2D eigenvalue weighted by atomic mass is 10.0. The van der Waals surface area contributed by atoms with Gasteiger partial charge in [-0.1, -0.05) is 18.2 Å². The molecule has 21 heavy (non-hydrogen) atoms. The number of likely N-dealkylation sites (tertiary alicyclic amines) is 1. The fraction of sp³-hybridized carbons (Fsp3) is 0.467. The Morgan fingerprint density at radius 2 is 2.05 bits per heavy atom. The number of rotatable bonds is 2. The standard InChI is InChI=1S/C15H20N4O2/c20-14-16-8-10-19(14)13-7-4-9-18(11-13)15(21)17-12-5-2-1-3-6-12/h1-3,5-6,13H,4,7-11H2,(H,16,20)(H,17,21)/t13-/m1/s1. The summed E-state index contributed by atoms with van der Waals surface area (Å²) in [5.41, 5.74) is 0.795. The Kier molecular flexibility index (Phi) is 3.94. The first kappa shape index (κ1) is 13.7. The number of urea groups is 2. The van der Waals surface area contributed by atoms with Crippen LogP contribution < -0.4 is 10.6 Å². The molecule has 6 heteroatoms. The molecule has 0 saturated carbocycles. The van der Waals surface area contributed by atoms with Crippen LogP contribution in [0.3, 0.4) is 0 Å². The molecule has 0 unspecified atom stereocenters. The van der Waals surface area contributed by atoms with Crippen LogP contribution in [0.5, 0.6) is 0 Å². The Morgan fingerprint density at radius 1 is 1.24 bits per heavy atom. The van der Waals surface area contributed by atoms with Crippen LogP contribution in [0.25, 0.3) is 0 Å². The molecule has 1 atom stereocenters. The van der Waals surface area contributed by atoms with E-state index >= 15 is 0 Å². The fourth-order valence-corrected chi connectivity index (χ4v) is 2.95. The lowest BCUT2D eigenvalue weighted by Gasteiger charge is -2.36. The third kappa shape index (κ3) is 3.09. The van der Waals surface area contributed by atoms with Crippen molar-refractivity contribution in [2.45, 2.75) is 18.9 Å². The Balaban J connectivity index is 1.60. The van der Waals surface area contributed by atoms with E-state index in [2.05, 4.69) is 10.6 Å². The van der Waals surface area contributed by atoms with Gasteiger partial charge in [0.1, 0.15) is 0 Å². The van der Waals surface area contributed by atoms with E-state index in [1.165, 1.54) is 0 Å². The summed E-state index contributed by atoms with van der Waals surface area (Å²) < 4.78 is 0. The molecule has 2 aliphatic heterocycles. The van der Waals surface area contributed by atoms with Gasteiger partial charge in [-0.2, -0.15) is 0 Å².